The van der Waals surface area contributed by atoms with Crippen molar-refractivity contribution in [1.29, 1.82) is 10.5 Å². The zero-order valence-electron chi connectivity index (χ0n) is 8.11. The summed E-state index contributed by atoms with van der Waals surface area (Å²) in [4.78, 5) is 0. The minimum Gasteiger partial charge on any atom is -0.437 e. The van der Waals surface area contributed by atoms with Gasteiger partial charge in [0.15, 0.2) is 11.3 Å². The van der Waals surface area contributed by atoms with Gasteiger partial charge < -0.3 is 16.2 Å². The van der Waals surface area contributed by atoms with Crippen molar-refractivity contribution in [2.24, 2.45) is 0 Å². The second-order valence-electron chi connectivity index (χ2n) is 2.65. The Morgan fingerprint density at radius 2 is 1.87 bits per heavy atom. The average Bonchev–Trinajstić information content (AvgIpc) is 2.63. The number of nitriles is 2. The molecule has 5 heteroatoms. The number of anilines is 1. The van der Waals surface area contributed by atoms with Crippen LogP contribution in [0.2, 0.25) is 0 Å². The van der Waals surface area contributed by atoms with Gasteiger partial charge in [-0.05, 0) is 12.1 Å². The van der Waals surface area contributed by atoms with Crippen molar-refractivity contribution in [2.45, 2.75) is 0 Å². The van der Waals surface area contributed by atoms with Crippen molar-refractivity contribution >= 4 is 5.69 Å². The van der Waals surface area contributed by atoms with Gasteiger partial charge in [0.05, 0.1) is 5.69 Å². The third-order valence-electron chi connectivity index (χ3n) is 1.80. The Morgan fingerprint density at radius 1 is 1.20 bits per heavy atom. The fourth-order valence-electron chi connectivity index (χ4n) is 1.16. The molecule has 74 valence electrons. The molecule has 2 rings (SSSR count). The SMILES string of the molecule is N#CC(C#N)=C1Nc2ccccc2O1.[NH4+]. The maximum absolute atomic E-state index is 8.62. The lowest BCUT2D eigenvalue weighted by Crippen LogP contribution is -2.00. The number of benzene rings is 1. The van der Waals surface area contributed by atoms with Crippen molar-refractivity contribution in [3.05, 3.63) is 35.7 Å². The molecule has 5 N–H and O–H groups in total. The van der Waals surface area contributed by atoms with Gasteiger partial charge >= 0.3 is 0 Å². The van der Waals surface area contributed by atoms with Crippen molar-refractivity contribution in [3.63, 3.8) is 0 Å². The number of nitrogens with one attached hydrogen (secondary N) is 1. The summed E-state index contributed by atoms with van der Waals surface area (Å²) in [5.74, 6) is 0.835. The van der Waals surface area contributed by atoms with Crippen LogP contribution in [0, 0.1) is 22.7 Å². The molecule has 0 aromatic heterocycles. The second kappa shape index (κ2) is 4.14. The Balaban J connectivity index is 0.00000112. The van der Waals surface area contributed by atoms with E-state index in [9.17, 15) is 0 Å². The Bertz CT molecular complexity index is 450. The second-order valence-corrected chi connectivity index (χ2v) is 2.65. The number of nitrogens with zero attached hydrogens (tertiary/aromatic N) is 2. The zero-order chi connectivity index (χ0) is 9.97. The maximum atomic E-state index is 8.62. The van der Waals surface area contributed by atoms with Crippen LogP contribution in [0.5, 0.6) is 5.75 Å². The molecule has 1 heterocycles. The van der Waals surface area contributed by atoms with E-state index in [0.717, 1.165) is 5.69 Å². The van der Waals surface area contributed by atoms with E-state index >= 15 is 0 Å². The molecule has 5 nitrogen and oxygen atoms in total. The largest absolute Gasteiger partial charge is 0.437 e. The molecule has 0 fully saturated rings. The summed E-state index contributed by atoms with van der Waals surface area (Å²) in [5, 5.41) is 20.1. The minimum atomic E-state index is -0.0544. The van der Waals surface area contributed by atoms with Gasteiger partial charge in [-0.1, -0.05) is 12.1 Å². The number of fused-ring (bicyclic) bond motifs is 1. The summed E-state index contributed by atoms with van der Waals surface area (Å²) in [6.45, 7) is 0. The van der Waals surface area contributed by atoms with Crippen LogP contribution in [-0.2, 0) is 0 Å². The molecular formula is C10H9N4O+. The van der Waals surface area contributed by atoms with Crippen LogP contribution in [0.15, 0.2) is 35.7 Å². The van der Waals surface area contributed by atoms with Crippen LogP contribution >= 0.6 is 0 Å². The molecule has 0 bridgehead atoms. The number of rotatable bonds is 0. The van der Waals surface area contributed by atoms with Crippen LogP contribution < -0.4 is 16.2 Å². The number of hydrogen-bond donors (Lipinski definition) is 2. The number of ether oxygens (including phenoxy) is 1. The van der Waals surface area contributed by atoms with Gasteiger partial charge in [0.25, 0.3) is 0 Å². The van der Waals surface area contributed by atoms with Crippen LogP contribution in [0.3, 0.4) is 0 Å². The fraction of sp³-hybridized carbons (Fsp3) is 0. The highest BCUT2D eigenvalue weighted by Crippen LogP contribution is 2.33. The molecule has 1 aromatic carbocycles. The van der Waals surface area contributed by atoms with Gasteiger partial charge in [0.1, 0.15) is 12.1 Å². The summed E-state index contributed by atoms with van der Waals surface area (Å²) in [6, 6.07) is 10.8. The fourth-order valence-corrected chi connectivity index (χ4v) is 1.16. The Morgan fingerprint density at radius 3 is 2.47 bits per heavy atom. The van der Waals surface area contributed by atoms with Gasteiger partial charge in [-0.25, -0.2) is 0 Å². The first kappa shape index (κ1) is 10.6. The zero-order valence-corrected chi connectivity index (χ0v) is 8.11. The van der Waals surface area contributed by atoms with Crippen molar-refractivity contribution in [2.75, 3.05) is 5.32 Å². The van der Waals surface area contributed by atoms with E-state index in [2.05, 4.69) is 5.32 Å². The summed E-state index contributed by atoms with van der Waals surface area (Å²) >= 11 is 0. The topological polar surface area (TPSA) is 105 Å². The molecule has 0 unspecified atom stereocenters. The van der Waals surface area contributed by atoms with E-state index in [1.54, 1.807) is 18.2 Å². The molecule has 0 aliphatic carbocycles. The standard InChI is InChI=1S/C10H5N3O.H3N/c11-5-7(6-12)10-13-8-3-1-2-4-9(8)14-10;/h1-4,13H;1H3/p+1. The first-order valence-electron chi connectivity index (χ1n) is 3.93. The summed E-state index contributed by atoms with van der Waals surface area (Å²) in [6.07, 6.45) is 0. The smallest absolute Gasteiger partial charge is 0.226 e. The van der Waals surface area contributed by atoms with E-state index in [0.29, 0.717) is 5.75 Å². The molecule has 1 aliphatic rings. The lowest BCUT2D eigenvalue weighted by atomic mass is 10.3. The average molecular weight is 201 g/mol. The lowest BCUT2D eigenvalue weighted by Gasteiger charge is -1.95. The van der Waals surface area contributed by atoms with E-state index in [-0.39, 0.29) is 17.6 Å². The highest BCUT2D eigenvalue weighted by atomic mass is 16.5. The molecule has 1 aliphatic heterocycles. The van der Waals surface area contributed by atoms with Crippen LogP contribution in [0.4, 0.5) is 5.69 Å². The van der Waals surface area contributed by atoms with Gasteiger partial charge in [0, 0.05) is 0 Å². The normalized spacial score (nSPS) is 10.9. The predicted octanol–water partition coefficient (Wildman–Crippen LogP) is 2.13. The Kier molecular flexibility index (Phi) is 2.92. The number of hydrogen-bond acceptors (Lipinski definition) is 4. The summed E-state index contributed by atoms with van der Waals surface area (Å²) < 4.78 is 5.27. The summed E-state index contributed by atoms with van der Waals surface area (Å²) in [5.41, 5.74) is 0.715. The lowest BCUT2D eigenvalue weighted by molar-refractivity contribution is 0.455. The number of allylic oxidation sites excluding steroid dienone is 1. The first-order valence-corrected chi connectivity index (χ1v) is 3.93. The maximum Gasteiger partial charge on any atom is 0.226 e. The Labute approximate surface area is 86.8 Å². The molecule has 0 saturated carbocycles. The van der Waals surface area contributed by atoms with Crippen LogP contribution in [0.1, 0.15) is 0 Å². The van der Waals surface area contributed by atoms with Gasteiger partial charge in [-0.2, -0.15) is 10.5 Å². The molecule has 0 radical (unpaired) electrons. The van der Waals surface area contributed by atoms with Gasteiger partial charge in [-0.15, -0.1) is 0 Å². The van der Waals surface area contributed by atoms with Gasteiger partial charge in [0.2, 0.25) is 5.88 Å². The highest BCUT2D eigenvalue weighted by Gasteiger charge is 2.19. The molecule has 15 heavy (non-hydrogen) atoms. The third-order valence-corrected chi connectivity index (χ3v) is 1.80. The summed E-state index contributed by atoms with van der Waals surface area (Å²) in [7, 11) is 0. The quantitative estimate of drug-likeness (QED) is 0.627. The monoisotopic (exact) mass is 201 g/mol. The van der Waals surface area contributed by atoms with Crippen LogP contribution in [0.25, 0.3) is 0 Å². The first-order chi connectivity index (χ1) is 6.85. The molecular weight excluding hydrogens is 192 g/mol. The van der Waals surface area contributed by atoms with E-state index in [4.69, 9.17) is 15.3 Å². The van der Waals surface area contributed by atoms with Crippen molar-refractivity contribution in [1.82, 2.24) is 6.15 Å². The van der Waals surface area contributed by atoms with Crippen molar-refractivity contribution in [3.8, 4) is 17.9 Å². The third kappa shape index (κ3) is 1.73. The van der Waals surface area contributed by atoms with Crippen molar-refractivity contribution < 1.29 is 4.74 Å². The van der Waals surface area contributed by atoms with E-state index in [1.165, 1.54) is 0 Å². The molecule has 0 amide bonds. The highest BCUT2D eigenvalue weighted by molar-refractivity contribution is 5.65. The van der Waals surface area contributed by atoms with E-state index in [1.807, 2.05) is 18.2 Å². The minimum absolute atomic E-state index is 0. The van der Waals surface area contributed by atoms with E-state index < -0.39 is 0 Å². The Hall–Kier alpha value is -2.50. The van der Waals surface area contributed by atoms with Gasteiger partial charge in [-0.3, -0.25) is 0 Å². The van der Waals surface area contributed by atoms with Crippen LogP contribution in [-0.4, -0.2) is 0 Å². The molecule has 0 saturated heterocycles. The molecule has 0 atom stereocenters. The number of quaternary nitrogens is 1. The molecule has 0 spiro atoms. The number of para-hydroxylation sites is 2. The molecule has 1 aromatic rings. The predicted molar refractivity (Wildman–Crippen MR) is 54.9 cm³/mol.